The van der Waals surface area contributed by atoms with E-state index in [1.54, 1.807) is 48.5 Å². The van der Waals surface area contributed by atoms with Crippen molar-refractivity contribution in [3.05, 3.63) is 93.5 Å². The molecular formula is C24H19Cl2NO4. The average Bonchev–Trinajstić information content (AvgIpc) is 2.96. The van der Waals surface area contributed by atoms with E-state index in [-0.39, 0.29) is 12.3 Å². The molecule has 1 amide bonds. The van der Waals surface area contributed by atoms with Gasteiger partial charge in [0.2, 0.25) is 0 Å². The van der Waals surface area contributed by atoms with Gasteiger partial charge in [0.15, 0.2) is 11.4 Å². The Morgan fingerprint density at radius 3 is 2.45 bits per heavy atom. The van der Waals surface area contributed by atoms with Crippen LogP contribution in [0.3, 0.4) is 0 Å². The van der Waals surface area contributed by atoms with Crippen LogP contribution in [-0.4, -0.2) is 23.9 Å². The van der Waals surface area contributed by atoms with Gasteiger partial charge in [0, 0.05) is 21.2 Å². The first-order valence-corrected chi connectivity index (χ1v) is 10.3. The summed E-state index contributed by atoms with van der Waals surface area (Å²) in [5.74, 6) is -0.356. The fourth-order valence-electron chi connectivity index (χ4n) is 3.76. The van der Waals surface area contributed by atoms with Crippen LogP contribution in [0.4, 0.5) is 5.69 Å². The van der Waals surface area contributed by atoms with Gasteiger partial charge in [0.05, 0.1) is 25.8 Å². The van der Waals surface area contributed by atoms with Crippen molar-refractivity contribution in [1.82, 2.24) is 0 Å². The van der Waals surface area contributed by atoms with Crippen molar-refractivity contribution in [2.24, 2.45) is 0 Å². The van der Waals surface area contributed by atoms with Crippen LogP contribution in [0.15, 0.2) is 66.7 Å². The van der Waals surface area contributed by atoms with Crippen LogP contribution < -0.4 is 9.64 Å². The molecule has 0 spiro atoms. The Hall–Kier alpha value is -2.86. The maximum atomic E-state index is 13.4. The number of ether oxygens (including phenoxy) is 1. The summed E-state index contributed by atoms with van der Waals surface area (Å²) in [5.41, 5.74) is -0.129. The zero-order valence-corrected chi connectivity index (χ0v) is 18.2. The molecule has 1 unspecified atom stereocenters. The fourth-order valence-corrected chi connectivity index (χ4v) is 4.13. The summed E-state index contributed by atoms with van der Waals surface area (Å²) in [5, 5.41) is 12.3. The van der Waals surface area contributed by atoms with E-state index in [9.17, 15) is 14.7 Å². The van der Waals surface area contributed by atoms with Gasteiger partial charge in [0.1, 0.15) is 5.75 Å². The maximum Gasteiger partial charge on any atom is 0.264 e. The van der Waals surface area contributed by atoms with E-state index in [4.69, 9.17) is 27.9 Å². The number of methoxy groups -OCH3 is 1. The second-order valence-corrected chi connectivity index (χ2v) is 8.18. The third kappa shape index (κ3) is 3.92. The molecule has 0 aromatic heterocycles. The van der Waals surface area contributed by atoms with E-state index in [0.29, 0.717) is 32.6 Å². The number of anilines is 1. The maximum absolute atomic E-state index is 13.4. The molecule has 0 aliphatic carbocycles. The molecule has 5 nitrogen and oxygen atoms in total. The largest absolute Gasteiger partial charge is 0.497 e. The van der Waals surface area contributed by atoms with Gasteiger partial charge in [-0.2, -0.15) is 0 Å². The number of nitrogens with zero attached hydrogens (tertiary/aromatic N) is 1. The number of hydrogen-bond acceptors (Lipinski definition) is 4. The van der Waals surface area contributed by atoms with Crippen molar-refractivity contribution in [3.8, 4) is 5.75 Å². The van der Waals surface area contributed by atoms with Crippen LogP contribution >= 0.6 is 23.2 Å². The third-order valence-electron chi connectivity index (χ3n) is 5.41. The molecule has 0 fully saturated rings. The normalized spacial score (nSPS) is 17.5. The van der Waals surface area contributed by atoms with E-state index in [1.807, 2.05) is 12.1 Å². The SMILES string of the molecule is COc1ccc(C(=O)CC2(O)C(=O)N(Cc3ccccc3Cl)c3ccc(Cl)cc32)cc1. The molecule has 158 valence electrons. The van der Waals surface area contributed by atoms with Crippen LogP contribution in [0, 0.1) is 0 Å². The number of hydrogen-bond donors (Lipinski definition) is 1. The second kappa shape index (κ2) is 8.35. The highest BCUT2D eigenvalue weighted by molar-refractivity contribution is 6.31. The van der Waals surface area contributed by atoms with Gasteiger partial charge in [-0.25, -0.2) is 0 Å². The molecule has 0 saturated carbocycles. The van der Waals surface area contributed by atoms with Crippen LogP contribution in [0.5, 0.6) is 5.75 Å². The number of carbonyl (C=O) groups excluding carboxylic acids is 2. The Morgan fingerprint density at radius 2 is 1.77 bits per heavy atom. The lowest BCUT2D eigenvalue weighted by Crippen LogP contribution is -2.41. The molecule has 1 aliphatic rings. The lowest BCUT2D eigenvalue weighted by Gasteiger charge is -2.23. The summed E-state index contributed by atoms with van der Waals surface area (Å²) in [4.78, 5) is 27.8. The summed E-state index contributed by atoms with van der Waals surface area (Å²) in [6, 6.07) is 18.5. The lowest BCUT2D eigenvalue weighted by molar-refractivity contribution is -0.136. The van der Waals surface area contributed by atoms with Crippen LogP contribution in [0.1, 0.15) is 27.9 Å². The predicted octanol–water partition coefficient (Wildman–Crippen LogP) is 5.01. The van der Waals surface area contributed by atoms with Crippen molar-refractivity contribution >= 4 is 40.6 Å². The van der Waals surface area contributed by atoms with Gasteiger partial charge in [-0.3, -0.25) is 9.59 Å². The monoisotopic (exact) mass is 455 g/mol. The Labute approximate surface area is 189 Å². The predicted molar refractivity (Wildman–Crippen MR) is 120 cm³/mol. The van der Waals surface area contributed by atoms with Crippen molar-refractivity contribution in [2.75, 3.05) is 12.0 Å². The zero-order valence-electron chi connectivity index (χ0n) is 16.6. The van der Waals surface area contributed by atoms with E-state index < -0.39 is 17.9 Å². The van der Waals surface area contributed by atoms with E-state index in [0.717, 1.165) is 5.56 Å². The number of amides is 1. The first-order valence-electron chi connectivity index (χ1n) is 9.58. The molecule has 3 aromatic rings. The van der Waals surface area contributed by atoms with Crippen molar-refractivity contribution in [2.45, 2.75) is 18.6 Å². The third-order valence-corrected chi connectivity index (χ3v) is 6.01. The van der Waals surface area contributed by atoms with Crippen LogP contribution in [-0.2, 0) is 16.9 Å². The number of Topliss-reactive ketones (excluding diaryl/α,β-unsaturated/α-hetero) is 1. The number of carbonyl (C=O) groups is 2. The molecule has 1 aliphatic heterocycles. The smallest absolute Gasteiger partial charge is 0.264 e. The first kappa shape index (κ1) is 21.4. The Morgan fingerprint density at radius 1 is 1.06 bits per heavy atom. The second-order valence-electron chi connectivity index (χ2n) is 7.33. The van der Waals surface area contributed by atoms with Crippen molar-refractivity contribution < 1.29 is 19.4 Å². The first-order chi connectivity index (χ1) is 14.8. The standard InChI is InChI=1S/C24H19Cl2NO4/c1-31-18-9-6-15(7-10-18)22(28)13-24(30)19-12-17(25)8-11-21(19)27(23(24)29)14-16-4-2-3-5-20(16)26/h2-12,30H,13-14H2,1H3. The number of fused-ring (bicyclic) bond motifs is 1. The minimum absolute atomic E-state index is 0.159. The molecule has 7 heteroatoms. The zero-order chi connectivity index (χ0) is 22.2. The average molecular weight is 456 g/mol. The van der Waals surface area contributed by atoms with Gasteiger partial charge in [-0.1, -0.05) is 41.4 Å². The highest BCUT2D eigenvalue weighted by Crippen LogP contribution is 2.45. The molecule has 0 saturated heterocycles. The van der Waals surface area contributed by atoms with Crippen LogP contribution in [0.2, 0.25) is 10.0 Å². The molecule has 1 N–H and O–H groups in total. The summed E-state index contributed by atoms with van der Waals surface area (Å²) < 4.78 is 5.11. The molecule has 0 bridgehead atoms. The van der Waals surface area contributed by atoms with E-state index >= 15 is 0 Å². The van der Waals surface area contributed by atoms with Crippen molar-refractivity contribution in [3.63, 3.8) is 0 Å². The Balaban J connectivity index is 1.70. The summed E-state index contributed by atoms with van der Waals surface area (Å²) in [7, 11) is 1.53. The molecular weight excluding hydrogens is 437 g/mol. The molecule has 0 radical (unpaired) electrons. The van der Waals surface area contributed by atoms with E-state index in [1.165, 1.54) is 18.1 Å². The number of benzene rings is 3. The van der Waals surface area contributed by atoms with Gasteiger partial charge in [-0.15, -0.1) is 0 Å². The Kier molecular flexibility index (Phi) is 5.75. The minimum Gasteiger partial charge on any atom is -0.497 e. The topological polar surface area (TPSA) is 66.8 Å². The van der Waals surface area contributed by atoms with Gasteiger partial charge >= 0.3 is 0 Å². The highest BCUT2D eigenvalue weighted by Gasteiger charge is 2.51. The van der Waals surface area contributed by atoms with Gasteiger partial charge in [0.25, 0.3) is 5.91 Å². The highest BCUT2D eigenvalue weighted by atomic mass is 35.5. The molecule has 3 aromatic carbocycles. The lowest BCUT2D eigenvalue weighted by atomic mass is 9.88. The summed E-state index contributed by atoms with van der Waals surface area (Å²) in [6.45, 7) is 0.159. The molecule has 4 rings (SSSR count). The van der Waals surface area contributed by atoms with Gasteiger partial charge < -0.3 is 14.7 Å². The van der Waals surface area contributed by atoms with E-state index in [2.05, 4.69) is 0 Å². The molecule has 1 heterocycles. The number of rotatable bonds is 6. The minimum atomic E-state index is -2.03. The number of ketones is 1. The molecule has 31 heavy (non-hydrogen) atoms. The van der Waals surface area contributed by atoms with Crippen molar-refractivity contribution in [1.29, 1.82) is 0 Å². The quantitative estimate of drug-likeness (QED) is 0.530. The Bertz CT molecular complexity index is 1160. The number of halogens is 2. The van der Waals surface area contributed by atoms with Crippen LogP contribution in [0.25, 0.3) is 0 Å². The molecule has 1 atom stereocenters. The summed E-state index contributed by atoms with van der Waals surface area (Å²) >= 11 is 12.4. The van der Waals surface area contributed by atoms with Gasteiger partial charge in [-0.05, 0) is 54.1 Å². The summed E-state index contributed by atoms with van der Waals surface area (Å²) in [6.07, 6.45) is -0.412. The number of aliphatic hydroxyl groups is 1. The fraction of sp³-hybridized carbons (Fsp3) is 0.167.